The van der Waals surface area contributed by atoms with Crippen molar-refractivity contribution in [2.75, 3.05) is 11.9 Å². The zero-order chi connectivity index (χ0) is 17.5. The van der Waals surface area contributed by atoms with E-state index in [-0.39, 0.29) is 0 Å². The van der Waals surface area contributed by atoms with Crippen molar-refractivity contribution in [2.45, 2.75) is 26.9 Å². The highest BCUT2D eigenvalue weighted by atomic mass is 15.4. The zero-order valence-electron chi connectivity index (χ0n) is 15.7. The number of benzene rings is 2. The number of nitrogens with zero attached hydrogens (tertiary/aromatic N) is 2. The fourth-order valence-electron chi connectivity index (χ4n) is 3.00. The maximum atomic E-state index is 8.08. The lowest BCUT2D eigenvalue weighted by Gasteiger charge is -2.30. The average molecular weight is 281 g/mol. The Morgan fingerprint density at radius 1 is 0.952 bits per heavy atom. The molecule has 108 valence electrons. The summed E-state index contributed by atoms with van der Waals surface area (Å²) in [6, 6.07) is 17.9. The van der Waals surface area contributed by atoms with Crippen LogP contribution in [0.4, 0.5) is 5.69 Å². The molecule has 0 spiro atoms. The van der Waals surface area contributed by atoms with Crippen LogP contribution < -0.4 is 4.90 Å². The molecule has 3 rings (SSSR count). The smallest absolute Gasteiger partial charge is 0.103 e. The minimum Gasteiger partial charge on any atom is -0.352 e. The fraction of sp³-hybridized carbons (Fsp3) is 0.263. The lowest BCUT2D eigenvalue weighted by Crippen LogP contribution is -2.35. The van der Waals surface area contributed by atoms with Gasteiger partial charge in [-0.3, -0.25) is 0 Å². The molecule has 2 aromatic carbocycles. The second-order valence-corrected chi connectivity index (χ2v) is 5.44. The van der Waals surface area contributed by atoms with E-state index >= 15 is 0 Å². The first kappa shape index (κ1) is 10.5. The van der Waals surface area contributed by atoms with Gasteiger partial charge in [0.2, 0.25) is 0 Å². The van der Waals surface area contributed by atoms with Crippen molar-refractivity contribution in [1.82, 2.24) is 4.90 Å². The third-order valence-electron chi connectivity index (χ3n) is 4.09. The van der Waals surface area contributed by atoms with Gasteiger partial charge in [-0.2, -0.15) is 0 Å². The standard InChI is InChI=1S/C19H22N2/c1-14-10-8-9-13-18(14)21-15(2)19(20(4)16(21)3)17-11-6-5-7-12-17/h5-13,16H,1-4H3/i3D3. The van der Waals surface area contributed by atoms with Crippen LogP contribution in [0.25, 0.3) is 5.70 Å². The highest BCUT2D eigenvalue weighted by Gasteiger charge is 2.32. The van der Waals surface area contributed by atoms with Gasteiger partial charge in [-0.25, -0.2) is 0 Å². The molecule has 0 saturated heterocycles. The predicted molar refractivity (Wildman–Crippen MR) is 89.9 cm³/mol. The minimum atomic E-state index is -2.13. The first-order chi connectivity index (χ1) is 11.3. The molecule has 1 aliphatic heterocycles. The minimum absolute atomic E-state index is 0.714. The Balaban J connectivity index is 2.19. The quantitative estimate of drug-likeness (QED) is 0.800. The Morgan fingerprint density at radius 3 is 2.29 bits per heavy atom. The molecular weight excluding hydrogens is 256 g/mol. The number of allylic oxidation sites excluding steroid dienone is 1. The zero-order valence-corrected chi connectivity index (χ0v) is 12.7. The Kier molecular flexibility index (Phi) is 2.64. The van der Waals surface area contributed by atoms with Crippen LogP contribution in [0.1, 0.15) is 29.0 Å². The normalized spacial score (nSPS) is 21.3. The number of para-hydroxylation sites is 1. The fourth-order valence-corrected chi connectivity index (χ4v) is 3.00. The van der Waals surface area contributed by atoms with E-state index in [0.717, 1.165) is 28.2 Å². The van der Waals surface area contributed by atoms with E-state index in [1.165, 1.54) is 0 Å². The Morgan fingerprint density at radius 2 is 1.62 bits per heavy atom. The molecule has 2 heteroatoms. The molecule has 2 nitrogen and oxygen atoms in total. The third-order valence-corrected chi connectivity index (χ3v) is 4.09. The summed E-state index contributed by atoms with van der Waals surface area (Å²) in [5.41, 5.74) is 4.95. The Labute approximate surface area is 131 Å². The summed E-state index contributed by atoms with van der Waals surface area (Å²) >= 11 is 0. The average Bonchev–Trinajstić information content (AvgIpc) is 2.79. The van der Waals surface area contributed by atoms with Crippen LogP contribution in [0.5, 0.6) is 0 Å². The van der Waals surface area contributed by atoms with Crippen LogP contribution in [-0.4, -0.2) is 18.1 Å². The van der Waals surface area contributed by atoms with E-state index in [2.05, 4.69) is 0 Å². The number of hydrogen-bond acceptors (Lipinski definition) is 2. The molecule has 0 saturated carbocycles. The molecule has 2 aromatic rings. The maximum Gasteiger partial charge on any atom is 0.103 e. The molecule has 1 atom stereocenters. The number of anilines is 1. The molecule has 0 amide bonds. The Hall–Kier alpha value is -2.22. The number of rotatable bonds is 2. The highest BCUT2D eigenvalue weighted by Crippen LogP contribution is 2.38. The summed E-state index contributed by atoms with van der Waals surface area (Å²) < 4.78 is 24.2. The van der Waals surface area contributed by atoms with E-state index in [1.54, 1.807) is 0 Å². The van der Waals surface area contributed by atoms with Gasteiger partial charge < -0.3 is 9.80 Å². The molecule has 21 heavy (non-hydrogen) atoms. The first-order valence-corrected chi connectivity index (χ1v) is 7.16. The van der Waals surface area contributed by atoms with E-state index in [1.807, 2.05) is 85.3 Å². The van der Waals surface area contributed by atoms with Gasteiger partial charge in [0.05, 0.1) is 5.70 Å². The van der Waals surface area contributed by atoms with Crippen molar-refractivity contribution in [1.29, 1.82) is 0 Å². The van der Waals surface area contributed by atoms with Gasteiger partial charge in [0, 0.05) is 22.5 Å². The van der Waals surface area contributed by atoms with E-state index in [4.69, 9.17) is 4.11 Å². The topological polar surface area (TPSA) is 6.48 Å². The molecular formula is C19H22N2. The van der Waals surface area contributed by atoms with Gasteiger partial charge in [-0.1, -0.05) is 48.5 Å². The van der Waals surface area contributed by atoms with Gasteiger partial charge in [0.1, 0.15) is 6.17 Å². The van der Waals surface area contributed by atoms with Crippen molar-refractivity contribution < 1.29 is 4.11 Å². The molecule has 1 unspecified atom stereocenters. The second-order valence-electron chi connectivity index (χ2n) is 5.44. The second kappa shape index (κ2) is 5.28. The highest BCUT2D eigenvalue weighted by molar-refractivity contribution is 5.76. The van der Waals surface area contributed by atoms with Crippen LogP contribution in [0.15, 0.2) is 60.3 Å². The monoisotopic (exact) mass is 281 g/mol. The predicted octanol–water partition coefficient (Wildman–Crippen LogP) is 4.48. The molecule has 0 radical (unpaired) electrons. The SMILES string of the molecule is [2H]C([2H])([2H])C1N(C)C(c2ccccc2)=C(C)N1c1ccccc1C. The van der Waals surface area contributed by atoms with Crippen LogP contribution >= 0.6 is 0 Å². The summed E-state index contributed by atoms with van der Waals surface area (Å²) in [6.45, 7) is 1.88. The molecule has 1 aliphatic rings. The Bertz CT molecular complexity index is 766. The van der Waals surface area contributed by atoms with Crippen LogP contribution in [-0.2, 0) is 0 Å². The lowest BCUT2D eigenvalue weighted by atomic mass is 10.1. The van der Waals surface area contributed by atoms with Crippen LogP contribution in [0, 0.1) is 6.92 Å². The molecule has 0 fully saturated rings. The van der Waals surface area contributed by atoms with E-state index in [0.29, 0.717) is 0 Å². The number of aryl methyl sites for hydroxylation is 1. The van der Waals surface area contributed by atoms with Gasteiger partial charge in [0.15, 0.2) is 0 Å². The molecule has 1 heterocycles. The lowest BCUT2D eigenvalue weighted by molar-refractivity contribution is 0.398. The van der Waals surface area contributed by atoms with Gasteiger partial charge in [0.25, 0.3) is 0 Å². The van der Waals surface area contributed by atoms with Gasteiger partial charge >= 0.3 is 0 Å². The van der Waals surface area contributed by atoms with Crippen LogP contribution in [0.2, 0.25) is 0 Å². The summed E-state index contributed by atoms with van der Waals surface area (Å²) in [6.07, 6.45) is -0.714. The molecule has 0 N–H and O–H groups in total. The molecule has 0 aliphatic carbocycles. The van der Waals surface area contributed by atoms with E-state index in [9.17, 15) is 0 Å². The van der Waals surface area contributed by atoms with E-state index < -0.39 is 13.0 Å². The van der Waals surface area contributed by atoms with Crippen molar-refractivity contribution >= 4 is 11.4 Å². The van der Waals surface area contributed by atoms with Crippen molar-refractivity contribution in [3.05, 3.63) is 71.4 Å². The number of hydrogen-bond donors (Lipinski definition) is 0. The molecule has 0 bridgehead atoms. The van der Waals surface area contributed by atoms with Crippen LogP contribution in [0.3, 0.4) is 0 Å². The van der Waals surface area contributed by atoms with Gasteiger partial charge in [-0.05, 0) is 37.9 Å². The summed E-state index contributed by atoms with van der Waals surface area (Å²) in [7, 11) is 1.86. The summed E-state index contributed by atoms with van der Waals surface area (Å²) in [5.74, 6) is 0. The third kappa shape index (κ3) is 2.21. The largest absolute Gasteiger partial charge is 0.352 e. The molecule has 0 aromatic heterocycles. The summed E-state index contributed by atoms with van der Waals surface area (Å²) in [4.78, 5) is 3.83. The maximum absolute atomic E-state index is 8.08. The van der Waals surface area contributed by atoms with Gasteiger partial charge in [-0.15, -0.1) is 0 Å². The van der Waals surface area contributed by atoms with Crippen molar-refractivity contribution in [3.63, 3.8) is 0 Å². The summed E-state index contributed by atoms with van der Waals surface area (Å²) in [5, 5.41) is 0. The van der Waals surface area contributed by atoms with Crippen molar-refractivity contribution in [3.8, 4) is 0 Å². The first-order valence-electron chi connectivity index (χ1n) is 8.66. The van der Waals surface area contributed by atoms with Crippen molar-refractivity contribution in [2.24, 2.45) is 0 Å².